The average Bonchev–Trinajstić information content (AvgIpc) is 2.54. The number of hydrogen-bond acceptors (Lipinski definition) is 2. The minimum Gasteiger partial charge on any atom is -0.330 e. The van der Waals surface area contributed by atoms with E-state index in [0.29, 0.717) is 0 Å². The van der Waals surface area contributed by atoms with Gasteiger partial charge in [0.05, 0.1) is 0 Å². The van der Waals surface area contributed by atoms with Gasteiger partial charge in [-0.3, -0.25) is 0 Å². The maximum absolute atomic E-state index is 5.49. The van der Waals surface area contributed by atoms with Gasteiger partial charge in [-0.05, 0) is 32.4 Å². The summed E-state index contributed by atoms with van der Waals surface area (Å²) in [4.78, 5) is 0. The van der Waals surface area contributed by atoms with Gasteiger partial charge in [0.15, 0.2) is 0 Å². The molecule has 0 aromatic heterocycles. The zero-order chi connectivity index (χ0) is 16.1. The van der Waals surface area contributed by atoms with Gasteiger partial charge in [-0.25, -0.2) is 0 Å². The van der Waals surface area contributed by atoms with Crippen LogP contribution in [0, 0.1) is 6.42 Å². The molecule has 2 heteroatoms. The average molecular weight is 312 g/mol. The first-order chi connectivity index (χ1) is 10.9. The Balaban J connectivity index is 2.91. The Labute approximate surface area is 140 Å². The van der Waals surface area contributed by atoms with Crippen LogP contribution in [0.25, 0.3) is 0 Å². The van der Waals surface area contributed by atoms with Gasteiger partial charge >= 0.3 is 0 Å². The molecule has 0 bridgehead atoms. The Kier molecular flexibility index (Phi) is 20.8. The number of rotatable bonds is 19. The molecule has 2 nitrogen and oxygen atoms in total. The summed E-state index contributed by atoms with van der Waals surface area (Å²) < 4.78 is 0. The minimum absolute atomic E-state index is 0.862. The first-order valence-electron chi connectivity index (χ1n) is 10.1. The van der Waals surface area contributed by atoms with Crippen LogP contribution in [-0.2, 0) is 0 Å². The smallest absolute Gasteiger partial charge is 0.00773 e. The monoisotopic (exact) mass is 311 g/mol. The normalized spacial score (nSPS) is 11.2. The molecule has 0 atom stereocenters. The van der Waals surface area contributed by atoms with Gasteiger partial charge in [-0.2, -0.15) is 0 Å². The highest BCUT2D eigenvalue weighted by Gasteiger charge is 1.95. The maximum Gasteiger partial charge on any atom is -0.00773 e. The van der Waals surface area contributed by atoms with Crippen LogP contribution >= 0.6 is 0 Å². The third kappa shape index (κ3) is 19.9. The zero-order valence-corrected chi connectivity index (χ0v) is 15.2. The maximum atomic E-state index is 5.49. The molecule has 0 fully saturated rings. The Hall–Kier alpha value is -0.0800. The van der Waals surface area contributed by atoms with Crippen LogP contribution in [-0.4, -0.2) is 13.1 Å². The zero-order valence-electron chi connectivity index (χ0n) is 15.2. The summed E-state index contributed by atoms with van der Waals surface area (Å²) in [5.74, 6) is 0. The van der Waals surface area contributed by atoms with Gasteiger partial charge in [-0.1, -0.05) is 96.3 Å². The van der Waals surface area contributed by atoms with E-state index in [1.54, 1.807) is 0 Å². The first kappa shape index (κ1) is 21.9. The first-order valence-corrected chi connectivity index (χ1v) is 10.1. The molecular weight excluding hydrogens is 268 g/mol. The van der Waals surface area contributed by atoms with Crippen molar-refractivity contribution in [1.29, 1.82) is 0 Å². The lowest BCUT2D eigenvalue weighted by molar-refractivity contribution is 0.548. The van der Waals surface area contributed by atoms with E-state index in [-0.39, 0.29) is 0 Å². The second-order valence-electron chi connectivity index (χ2n) is 6.75. The van der Waals surface area contributed by atoms with Crippen molar-refractivity contribution < 1.29 is 0 Å². The lowest BCUT2D eigenvalue weighted by Crippen LogP contribution is -1.97. The van der Waals surface area contributed by atoms with Crippen molar-refractivity contribution in [2.24, 2.45) is 11.5 Å². The van der Waals surface area contributed by atoms with Crippen LogP contribution in [0.15, 0.2) is 0 Å². The molecule has 0 aliphatic rings. The molecule has 0 saturated heterocycles. The molecule has 0 spiro atoms. The second-order valence-corrected chi connectivity index (χ2v) is 6.75. The highest BCUT2D eigenvalue weighted by Crippen LogP contribution is 2.13. The Morgan fingerprint density at radius 1 is 0.364 bits per heavy atom. The Bertz CT molecular complexity index is 163. The molecule has 0 aliphatic heterocycles. The quantitative estimate of drug-likeness (QED) is 0.299. The molecule has 4 N–H and O–H groups in total. The molecule has 22 heavy (non-hydrogen) atoms. The van der Waals surface area contributed by atoms with Gasteiger partial charge in [0.1, 0.15) is 0 Å². The van der Waals surface area contributed by atoms with Crippen LogP contribution in [0.1, 0.15) is 109 Å². The van der Waals surface area contributed by atoms with E-state index in [1.165, 1.54) is 109 Å². The van der Waals surface area contributed by atoms with Crippen molar-refractivity contribution in [1.82, 2.24) is 0 Å². The van der Waals surface area contributed by atoms with Crippen molar-refractivity contribution in [2.45, 2.75) is 109 Å². The lowest BCUT2D eigenvalue weighted by atomic mass is 10.0. The van der Waals surface area contributed by atoms with E-state index >= 15 is 0 Å². The minimum atomic E-state index is 0.862. The second kappa shape index (κ2) is 20.9. The highest BCUT2D eigenvalue weighted by molar-refractivity contribution is 4.64. The van der Waals surface area contributed by atoms with E-state index in [1.807, 2.05) is 0 Å². The van der Waals surface area contributed by atoms with Crippen LogP contribution in [0.5, 0.6) is 0 Å². The molecule has 1 radical (unpaired) electrons. The summed E-state index contributed by atoms with van der Waals surface area (Å²) in [5, 5.41) is 0. The predicted octanol–water partition coefficient (Wildman–Crippen LogP) is 5.74. The molecule has 0 saturated carbocycles. The Morgan fingerprint density at radius 3 is 0.955 bits per heavy atom. The van der Waals surface area contributed by atoms with Gasteiger partial charge in [0.2, 0.25) is 0 Å². The molecule has 133 valence electrons. The summed E-state index contributed by atoms with van der Waals surface area (Å²) in [6.45, 7) is 1.73. The van der Waals surface area contributed by atoms with Crippen LogP contribution in [0.4, 0.5) is 0 Å². The fraction of sp³-hybridized carbons (Fsp3) is 0.950. The summed E-state index contributed by atoms with van der Waals surface area (Å²) in [5.41, 5.74) is 11.0. The standard InChI is InChI=1S/C20H43N2/c21-19-17-15-13-11-9-7-5-3-1-2-4-6-8-10-12-14-16-18-20-22/h5H,1-4,6-22H2. The van der Waals surface area contributed by atoms with Crippen LogP contribution in [0.2, 0.25) is 0 Å². The van der Waals surface area contributed by atoms with Crippen molar-refractivity contribution in [3.8, 4) is 0 Å². The number of unbranched alkanes of at least 4 members (excludes halogenated alkanes) is 17. The van der Waals surface area contributed by atoms with Gasteiger partial charge in [0.25, 0.3) is 0 Å². The van der Waals surface area contributed by atoms with Gasteiger partial charge < -0.3 is 11.5 Å². The lowest BCUT2D eigenvalue weighted by Gasteiger charge is -2.03. The fourth-order valence-electron chi connectivity index (χ4n) is 2.95. The predicted molar refractivity (Wildman–Crippen MR) is 101 cm³/mol. The van der Waals surface area contributed by atoms with Crippen LogP contribution < -0.4 is 11.5 Å². The van der Waals surface area contributed by atoms with E-state index in [0.717, 1.165) is 13.1 Å². The van der Waals surface area contributed by atoms with Gasteiger partial charge in [0, 0.05) is 0 Å². The third-order valence-corrected chi connectivity index (χ3v) is 4.47. The molecule has 0 unspecified atom stereocenters. The van der Waals surface area contributed by atoms with Gasteiger partial charge in [-0.15, -0.1) is 0 Å². The van der Waals surface area contributed by atoms with E-state index in [9.17, 15) is 0 Å². The molecular formula is C20H43N2. The molecule has 0 aromatic carbocycles. The Morgan fingerprint density at radius 2 is 0.636 bits per heavy atom. The summed E-state index contributed by atoms with van der Waals surface area (Å²) in [6, 6.07) is 0. The summed E-state index contributed by atoms with van der Waals surface area (Å²) in [6.07, 6.45) is 25.8. The van der Waals surface area contributed by atoms with Crippen molar-refractivity contribution >= 4 is 0 Å². The van der Waals surface area contributed by atoms with Crippen molar-refractivity contribution in [3.05, 3.63) is 6.42 Å². The number of hydrogen-bond donors (Lipinski definition) is 2. The third-order valence-electron chi connectivity index (χ3n) is 4.47. The highest BCUT2D eigenvalue weighted by atomic mass is 14.5. The summed E-state index contributed by atoms with van der Waals surface area (Å²) in [7, 11) is 0. The largest absolute Gasteiger partial charge is 0.330 e. The topological polar surface area (TPSA) is 52.0 Å². The van der Waals surface area contributed by atoms with E-state index < -0.39 is 0 Å². The number of nitrogens with two attached hydrogens (primary N) is 2. The van der Waals surface area contributed by atoms with Crippen molar-refractivity contribution in [3.63, 3.8) is 0 Å². The SMILES string of the molecule is NCCCCCCC[CH]CCCCCCCCCCCCN. The molecule has 0 heterocycles. The molecule has 0 amide bonds. The molecule has 0 aliphatic carbocycles. The molecule has 0 aromatic rings. The van der Waals surface area contributed by atoms with Crippen LogP contribution in [0.3, 0.4) is 0 Å². The fourth-order valence-corrected chi connectivity index (χ4v) is 2.95. The summed E-state index contributed by atoms with van der Waals surface area (Å²) >= 11 is 0. The molecule has 0 rings (SSSR count). The van der Waals surface area contributed by atoms with Crippen molar-refractivity contribution in [2.75, 3.05) is 13.1 Å². The van der Waals surface area contributed by atoms with E-state index in [4.69, 9.17) is 11.5 Å². The van der Waals surface area contributed by atoms with E-state index in [2.05, 4.69) is 6.42 Å².